The van der Waals surface area contributed by atoms with E-state index in [0.29, 0.717) is 0 Å². The highest BCUT2D eigenvalue weighted by Crippen LogP contribution is 2.16. The van der Waals surface area contributed by atoms with Crippen LogP contribution in [0, 0.1) is 5.82 Å². The largest absolute Gasteiger partial charge is 0.391 e. The number of rotatable bonds is 5. The zero-order valence-electron chi connectivity index (χ0n) is 9.69. The monoisotopic (exact) mass is 334 g/mol. The van der Waals surface area contributed by atoms with Crippen LogP contribution in [-0.4, -0.2) is 34.8 Å². The summed E-state index contributed by atoms with van der Waals surface area (Å²) in [5, 5.41) is 20.0. The average Bonchev–Trinajstić information content (AvgIpc) is 2.39. The Morgan fingerprint density at radius 1 is 1.42 bits per heavy atom. The summed E-state index contributed by atoms with van der Waals surface area (Å²) in [7, 11) is 0. The van der Waals surface area contributed by atoms with E-state index in [4.69, 9.17) is 5.21 Å². The number of hydrogen-bond donors (Lipinski definition) is 4. The summed E-state index contributed by atoms with van der Waals surface area (Å²) in [6.07, 6.45) is -1.47. The molecule has 1 atom stereocenters. The van der Waals surface area contributed by atoms with Gasteiger partial charge in [-0.05, 0) is 34.1 Å². The lowest BCUT2D eigenvalue weighted by Gasteiger charge is -2.11. The van der Waals surface area contributed by atoms with E-state index in [2.05, 4.69) is 21.2 Å². The molecule has 0 fully saturated rings. The molecular formula is C11H12BrFN2O4. The van der Waals surface area contributed by atoms with Gasteiger partial charge in [0.1, 0.15) is 5.82 Å². The fraction of sp³-hybridized carbons (Fsp3) is 0.273. The number of aliphatic hydroxyl groups excluding tert-OH is 1. The van der Waals surface area contributed by atoms with Crippen LogP contribution in [0.1, 0.15) is 16.8 Å². The normalized spacial score (nSPS) is 11.8. The Morgan fingerprint density at radius 2 is 2.11 bits per heavy atom. The highest BCUT2D eigenvalue weighted by molar-refractivity contribution is 9.10. The highest BCUT2D eigenvalue weighted by Gasteiger charge is 2.13. The molecule has 0 aromatic heterocycles. The maximum absolute atomic E-state index is 13.0. The Hall–Kier alpha value is -1.51. The molecule has 0 unspecified atom stereocenters. The lowest BCUT2D eigenvalue weighted by Crippen LogP contribution is -2.35. The molecule has 19 heavy (non-hydrogen) atoms. The van der Waals surface area contributed by atoms with Gasteiger partial charge in [0.05, 0.1) is 17.0 Å². The number of halogens is 2. The van der Waals surface area contributed by atoms with E-state index in [1.54, 1.807) is 0 Å². The molecule has 4 N–H and O–H groups in total. The summed E-state index contributed by atoms with van der Waals surface area (Å²) >= 11 is 2.95. The summed E-state index contributed by atoms with van der Waals surface area (Å²) in [6, 6.07) is 3.73. The molecule has 0 saturated carbocycles. The van der Waals surface area contributed by atoms with Crippen molar-refractivity contribution in [2.75, 3.05) is 6.54 Å². The Kier molecular flexibility index (Phi) is 5.87. The Morgan fingerprint density at radius 3 is 2.68 bits per heavy atom. The standard InChI is InChI=1S/C11H12BrFN2O4/c12-8-3-6(1-2-9(8)13)11(18)14-5-7(16)4-10(17)15-19/h1-3,7,16,19H,4-5H2,(H,14,18)(H,15,17)/t7-/m0/s1. The van der Waals surface area contributed by atoms with Crippen molar-refractivity contribution in [2.45, 2.75) is 12.5 Å². The molecule has 1 aromatic carbocycles. The van der Waals surface area contributed by atoms with E-state index in [-0.39, 0.29) is 23.0 Å². The number of amides is 2. The molecule has 0 spiro atoms. The number of hydrogen-bond acceptors (Lipinski definition) is 4. The van der Waals surface area contributed by atoms with E-state index in [0.717, 1.165) is 6.07 Å². The van der Waals surface area contributed by atoms with Gasteiger partial charge in [-0.15, -0.1) is 0 Å². The summed E-state index contributed by atoms with van der Waals surface area (Å²) in [4.78, 5) is 22.4. The molecule has 6 nitrogen and oxygen atoms in total. The first-order chi connectivity index (χ1) is 8.93. The first kappa shape index (κ1) is 15.5. The first-order valence-corrected chi connectivity index (χ1v) is 6.07. The lowest BCUT2D eigenvalue weighted by molar-refractivity contribution is -0.131. The molecule has 0 aliphatic rings. The van der Waals surface area contributed by atoms with Gasteiger partial charge < -0.3 is 10.4 Å². The van der Waals surface area contributed by atoms with Crippen LogP contribution in [-0.2, 0) is 4.79 Å². The van der Waals surface area contributed by atoms with E-state index in [1.807, 2.05) is 0 Å². The third-order valence-electron chi connectivity index (χ3n) is 2.23. The second-order valence-electron chi connectivity index (χ2n) is 3.73. The minimum absolute atomic E-state index is 0.153. The Balaban J connectivity index is 2.51. The molecule has 0 aliphatic carbocycles. The van der Waals surface area contributed by atoms with Crippen LogP contribution in [0.4, 0.5) is 4.39 Å². The second-order valence-corrected chi connectivity index (χ2v) is 4.59. The van der Waals surface area contributed by atoms with Gasteiger partial charge in [-0.2, -0.15) is 0 Å². The van der Waals surface area contributed by atoms with E-state index in [9.17, 15) is 19.1 Å². The fourth-order valence-electron chi connectivity index (χ4n) is 1.28. The van der Waals surface area contributed by atoms with Crippen molar-refractivity contribution in [3.05, 3.63) is 34.1 Å². The average molecular weight is 335 g/mol. The van der Waals surface area contributed by atoms with Gasteiger partial charge in [-0.3, -0.25) is 14.8 Å². The van der Waals surface area contributed by atoms with Gasteiger partial charge in [-0.1, -0.05) is 0 Å². The number of aliphatic hydroxyl groups is 1. The van der Waals surface area contributed by atoms with Crippen LogP contribution in [0.2, 0.25) is 0 Å². The zero-order valence-corrected chi connectivity index (χ0v) is 11.3. The van der Waals surface area contributed by atoms with Gasteiger partial charge in [0, 0.05) is 12.1 Å². The molecule has 0 aliphatic heterocycles. The van der Waals surface area contributed by atoms with E-state index < -0.39 is 23.7 Å². The van der Waals surface area contributed by atoms with Crippen molar-refractivity contribution < 1.29 is 24.3 Å². The predicted molar refractivity (Wildman–Crippen MR) is 67.0 cm³/mol. The van der Waals surface area contributed by atoms with Crippen LogP contribution in [0.15, 0.2) is 22.7 Å². The summed E-state index contributed by atoms with van der Waals surface area (Å²) < 4.78 is 13.1. The van der Waals surface area contributed by atoms with Crippen molar-refractivity contribution in [2.24, 2.45) is 0 Å². The number of hydroxylamine groups is 1. The van der Waals surface area contributed by atoms with Crippen molar-refractivity contribution in [3.63, 3.8) is 0 Å². The van der Waals surface area contributed by atoms with Crippen LogP contribution in [0.25, 0.3) is 0 Å². The van der Waals surface area contributed by atoms with E-state index in [1.165, 1.54) is 17.6 Å². The fourth-order valence-corrected chi connectivity index (χ4v) is 1.66. The number of carbonyl (C=O) groups is 2. The van der Waals surface area contributed by atoms with Gasteiger partial charge in [-0.25, -0.2) is 9.87 Å². The van der Waals surface area contributed by atoms with Crippen LogP contribution in [0.5, 0.6) is 0 Å². The van der Waals surface area contributed by atoms with Crippen molar-refractivity contribution in [1.82, 2.24) is 10.8 Å². The van der Waals surface area contributed by atoms with Gasteiger partial charge in [0.25, 0.3) is 5.91 Å². The number of benzene rings is 1. The molecule has 0 heterocycles. The number of nitrogens with one attached hydrogen (secondary N) is 2. The third kappa shape index (κ3) is 4.93. The lowest BCUT2D eigenvalue weighted by atomic mass is 10.2. The smallest absolute Gasteiger partial charge is 0.251 e. The Labute approximate surface area is 116 Å². The molecule has 2 amide bonds. The first-order valence-electron chi connectivity index (χ1n) is 5.28. The Bertz CT molecular complexity index is 484. The molecule has 0 saturated heterocycles. The molecule has 0 radical (unpaired) electrons. The molecule has 8 heteroatoms. The quantitative estimate of drug-likeness (QED) is 0.467. The third-order valence-corrected chi connectivity index (χ3v) is 2.83. The van der Waals surface area contributed by atoms with E-state index >= 15 is 0 Å². The van der Waals surface area contributed by atoms with Crippen LogP contribution >= 0.6 is 15.9 Å². The van der Waals surface area contributed by atoms with Crippen LogP contribution < -0.4 is 10.8 Å². The van der Waals surface area contributed by atoms with Crippen molar-refractivity contribution >= 4 is 27.7 Å². The summed E-state index contributed by atoms with van der Waals surface area (Å²) in [6.45, 7) is -0.165. The van der Waals surface area contributed by atoms with Gasteiger partial charge in [0.15, 0.2) is 0 Å². The maximum Gasteiger partial charge on any atom is 0.251 e. The SMILES string of the molecule is O=C(C[C@H](O)CNC(=O)c1ccc(F)c(Br)c1)NO. The minimum Gasteiger partial charge on any atom is -0.391 e. The second kappa shape index (κ2) is 7.17. The molecule has 0 bridgehead atoms. The predicted octanol–water partition coefficient (Wildman–Crippen LogP) is 0.574. The summed E-state index contributed by atoms with van der Waals surface area (Å²) in [5.41, 5.74) is 1.58. The number of carbonyl (C=O) groups excluding carboxylic acids is 2. The molecular weight excluding hydrogens is 323 g/mol. The zero-order chi connectivity index (χ0) is 14.4. The van der Waals surface area contributed by atoms with Crippen molar-refractivity contribution in [3.8, 4) is 0 Å². The molecule has 1 rings (SSSR count). The molecule has 1 aromatic rings. The highest BCUT2D eigenvalue weighted by atomic mass is 79.9. The molecule has 104 valence electrons. The topological polar surface area (TPSA) is 98.7 Å². The van der Waals surface area contributed by atoms with Crippen molar-refractivity contribution in [1.29, 1.82) is 0 Å². The van der Waals surface area contributed by atoms with Gasteiger partial charge in [0.2, 0.25) is 5.91 Å². The minimum atomic E-state index is -1.13. The maximum atomic E-state index is 13.0. The van der Waals surface area contributed by atoms with Gasteiger partial charge >= 0.3 is 0 Å². The summed E-state index contributed by atoms with van der Waals surface area (Å²) in [5.74, 6) is -1.76. The van der Waals surface area contributed by atoms with Crippen LogP contribution in [0.3, 0.4) is 0 Å².